The second kappa shape index (κ2) is 6.45. The van der Waals surface area contributed by atoms with Gasteiger partial charge in [-0.15, -0.1) is 11.3 Å². The number of carbonyl (C=O) groups is 2. The average Bonchev–Trinajstić information content (AvgIpc) is 3.43. The van der Waals surface area contributed by atoms with Crippen molar-refractivity contribution >= 4 is 29.0 Å². The highest BCUT2D eigenvalue weighted by Crippen LogP contribution is 2.39. The number of amides is 3. The van der Waals surface area contributed by atoms with Crippen LogP contribution in [0.3, 0.4) is 0 Å². The number of piperidine rings is 1. The summed E-state index contributed by atoms with van der Waals surface area (Å²) in [7, 11) is 0. The van der Waals surface area contributed by atoms with Gasteiger partial charge in [-0.25, -0.2) is 4.79 Å². The number of anilines is 1. The molecule has 0 radical (unpaired) electrons. The van der Waals surface area contributed by atoms with Gasteiger partial charge in [0.05, 0.1) is 17.0 Å². The van der Waals surface area contributed by atoms with Gasteiger partial charge in [-0.1, -0.05) is 6.07 Å². The Bertz CT molecular complexity index is 885. The van der Waals surface area contributed by atoms with Crippen LogP contribution >= 0.6 is 11.3 Å². The molecule has 3 unspecified atom stereocenters. The van der Waals surface area contributed by atoms with Crippen molar-refractivity contribution in [3.05, 3.63) is 40.6 Å². The molecular weight excluding hydrogens is 366 g/mol. The Morgan fingerprint density at radius 2 is 2.04 bits per heavy atom. The number of thiophene rings is 1. The predicted molar refractivity (Wildman–Crippen MR) is 100 cm³/mol. The number of urea groups is 1. The second-order valence-electron chi connectivity index (χ2n) is 7.11. The molecule has 2 fully saturated rings. The van der Waals surface area contributed by atoms with Crippen molar-refractivity contribution in [1.82, 2.24) is 10.2 Å². The van der Waals surface area contributed by atoms with Crippen molar-refractivity contribution in [1.29, 1.82) is 0 Å². The Morgan fingerprint density at radius 3 is 2.85 bits per heavy atom. The Morgan fingerprint density at radius 1 is 1.15 bits per heavy atom. The number of hydrogen-bond acceptors (Lipinski definition) is 5. The van der Waals surface area contributed by atoms with Crippen LogP contribution in [-0.2, 0) is 0 Å². The largest absolute Gasteiger partial charge is 0.454 e. The molecule has 8 heteroatoms. The minimum Gasteiger partial charge on any atom is -0.454 e. The quantitative estimate of drug-likeness (QED) is 0.851. The average molecular weight is 385 g/mol. The molecule has 3 amide bonds. The normalized spacial score (nSPS) is 24.9. The van der Waals surface area contributed by atoms with Crippen LogP contribution in [0.5, 0.6) is 11.5 Å². The van der Waals surface area contributed by atoms with Gasteiger partial charge in [-0.3, -0.25) is 4.79 Å². The highest BCUT2D eigenvalue weighted by molar-refractivity contribution is 7.12. The van der Waals surface area contributed by atoms with Crippen LogP contribution in [0.15, 0.2) is 35.7 Å². The molecule has 1 aliphatic carbocycles. The molecule has 2 aromatic rings. The molecule has 3 aliphatic rings. The number of benzene rings is 1. The SMILES string of the molecule is O=C(NC1CC2CC1N(C(=O)Nc1ccc3c(c1)OCO3)C2)c1cccs1. The minimum atomic E-state index is -0.142. The molecule has 27 heavy (non-hydrogen) atoms. The van der Waals surface area contributed by atoms with Crippen LogP contribution in [0.2, 0.25) is 0 Å². The Labute approximate surface area is 160 Å². The molecule has 2 N–H and O–H groups in total. The predicted octanol–water partition coefficient (Wildman–Crippen LogP) is 2.90. The molecule has 2 bridgehead atoms. The summed E-state index contributed by atoms with van der Waals surface area (Å²) in [5, 5.41) is 7.94. The van der Waals surface area contributed by atoms with E-state index in [1.165, 1.54) is 11.3 Å². The van der Waals surface area contributed by atoms with Crippen LogP contribution in [0.25, 0.3) is 0 Å². The van der Waals surface area contributed by atoms with Crippen molar-refractivity contribution in [3.63, 3.8) is 0 Å². The van der Waals surface area contributed by atoms with Crippen molar-refractivity contribution in [2.24, 2.45) is 5.92 Å². The van der Waals surface area contributed by atoms with Crippen molar-refractivity contribution in [2.45, 2.75) is 24.9 Å². The fraction of sp³-hybridized carbons (Fsp3) is 0.368. The molecular formula is C19H19N3O4S. The van der Waals surface area contributed by atoms with Gasteiger partial charge in [-0.05, 0) is 42.3 Å². The summed E-state index contributed by atoms with van der Waals surface area (Å²) in [5.41, 5.74) is 0.672. The summed E-state index contributed by atoms with van der Waals surface area (Å²) < 4.78 is 10.7. The zero-order valence-electron chi connectivity index (χ0n) is 14.5. The topological polar surface area (TPSA) is 79.9 Å². The summed E-state index contributed by atoms with van der Waals surface area (Å²) >= 11 is 1.43. The van der Waals surface area contributed by atoms with Crippen molar-refractivity contribution < 1.29 is 19.1 Å². The van der Waals surface area contributed by atoms with E-state index in [4.69, 9.17) is 9.47 Å². The van der Waals surface area contributed by atoms with Gasteiger partial charge in [0.25, 0.3) is 5.91 Å². The maximum atomic E-state index is 12.8. The van der Waals surface area contributed by atoms with Crippen LogP contribution in [0, 0.1) is 5.92 Å². The smallest absolute Gasteiger partial charge is 0.322 e. The zero-order valence-corrected chi connectivity index (χ0v) is 15.3. The lowest BCUT2D eigenvalue weighted by molar-refractivity contribution is 0.0910. The third-order valence-corrected chi connectivity index (χ3v) is 6.30. The number of carbonyl (C=O) groups excluding carboxylic acids is 2. The molecule has 3 heterocycles. The number of rotatable bonds is 3. The first-order valence-corrected chi connectivity index (χ1v) is 9.87. The van der Waals surface area contributed by atoms with E-state index in [0.29, 0.717) is 28.0 Å². The van der Waals surface area contributed by atoms with Gasteiger partial charge < -0.3 is 25.0 Å². The maximum absolute atomic E-state index is 12.8. The third kappa shape index (κ3) is 2.99. The molecule has 1 saturated heterocycles. The lowest BCUT2D eigenvalue weighted by Gasteiger charge is -2.33. The fourth-order valence-corrected chi connectivity index (χ4v) is 4.86. The summed E-state index contributed by atoms with van der Waals surface area (Å²) in [4.78, 5) is 27.7. The van der Waals surface area contributed by atoms with E-state index in [9.17, 15) is 9.59 Å². The third-order valence-electron chi connectivity index (χ3n) is 5.43. The van der Waals surface area contributed by atoms with Crippen LogP contribution in [-0.4, -0.2) is 42.3 Å². The number of likely N-dealkylation sites (tertiary alicyclic amines) is 1. The highest BCUT2D eigenvalue weighted by atomic mass is 32.1. The van der Waals surface area contributed by atoms with E-state index in [0.717, 1.165) is 19.4 Å². The van der Waals surface area contributed by atoms with Gasteiger partial charge in [0.2, 0.25) is 6.79 Å². The Kier molecular flexibility index (Phi) is 3.93. The van der Waals surface area contributed by atoms with Crippen LogP contribution in [0.1, 0.15) is 22.5 Å². The lowest BCUT2D eigenvalue weighted by Crippen LogP contribution is -2.52. The van der Waals surface area contributed by atoms with E-state index in [2.05, 4.69) is 10.6 Å². The number of nitrogens with zero attached hydrogens (tertiary/aromatic N) is 1. The molecule has 0 spiro atoms. The maximum Gasteiger partial charge on any atom is 0.322 e. The number of ether oxygens (including phenoxy) is 2. The van der Waals surface area contributed by atoms with E-state index < -0.39 is 0 Å². The number of fused-ring (bicyclic) bond motifs is 3. The lowest BCUT2D eigenvalue weighted by atomic mass is 10.1. The van der Waals surface area contributed by atoms with E-state index >= 15 is 0 Å². The molecule has 140 valence electrons. The molecule has 3 atom stereocenters. The highest BCUT2D eigenvalue weighted by Gasteiger charge is 2.47. The number of nitrogens with one attached hydrogen (secondary N) is 2. The molecule has 5 rings (SSSR count). The monoisotopic (exact) mass is 385 g/mol. The van der Waals surface area contributed by atoms with Crippen LogP contribution in [0.4, 0.5) is 10.5 Å². The summed E-state index contributed by atoms with van der Waals surface area (Å²) in [6, 6.07) is 8.94. The molecule has 1 aromatic carbocycles. The molecule has 2 aliphatic heterocycles. The first-order valence-electron chi connectivity index (χ1n) is 8.99. The molecule has 1 saturated carbocycles. The first kappa shape index (κ1) is 16.4. The molecule has 7 nitrogen and oxygen atoms in total. The Balaban J connectivity index is 1.25. The summed E-state index contributed by atoms with van der Waals surface area (Å²) in [6.07, 6.45) is 1.86. The minimum absolute atomic E-state index is 0.000791. The van der Waals surface area contributed by atoms with Gasteiger partial charge in [0.1, 0.15) is 0 Å². The summed E-state index contributed by atoms with van der Waals surface area (Å²) in [5.74, 6) is 1.70. The van der Waals surface area contributed by atoms with E-state index in [1.807, 2.05) is 22.4 Å². The summed E-state index contributed by atoms with van der Waals surface area (Å²) in [6.45, 7) is 0.931. The zero-order chi connectivity index (χ0) is 18.4. The molecule has 1 aromatic heterocycles. The van der Waals surface area contributed by atoms with Gasteiger partial charge in [0.15, 0.2) is 11.5 Å². The van der Waals surface area contributed by atoms with Crippen molar-refractivity contribution in [3.8, 4) is 11.5 Å². The second-order valence-corrected chi connectivity index (χ2v) is 8.06. The van der Waals surface area contributed by atoms with Crippen molar-refractivity contribution in [2.75, 3.05) is 18.7 Å². The van der Waals surface area contributed by atoms with E-state index in [-0.39, 0.29) is 30.8 Å². The standard InChI is InChI=1S/C19H19N3O4S/c23-18(17-2-1-5-27-17)21-13-6-11-7-14(13)22(9-11)19(24)20-12-3-4-15-16(8-12)26-10-25-15/h1-5,8,11,13-14H,6-7,9-10H2,(H,20,24)(H,21,23). The number of hydrogen-bond donors (Lipinski definition) is 2. The van der Waals surface area contributed by atoms with E-state index in [1.54, 1.807) is 18.2 Å². The first-order chi connectivity index (χ1) is 13.2. The van der Waals surface area contributed by atoms with Crippen LogP contribution < -0.4 is 20.1 Å². The van der Waals surface area contributed by atoms with Gasteiger partial charge in [0, 0.05) is 18.3 Å². The fourth-order valence-electron chi connectivity index (χ4n) is 4.23. The van der Waals surface area contributed by atoms with Gasteiger partial charge in [-0.2, -0.15) is 0 Å². The van der Waals surface area contributed by atoms with Gasteiger partial charge >= 0.3 is 6.03 Å². The Hall–Kier alpha value is -2.74.